The SMILES string of the molecule is CS(=O)(=O)Nc1ccccc1-c1ccc2c(c1)N(CC(F)(F)F)C(=O)C1=CN=NC12. The minimum Gasteiger partial charge on any atom is -0.299 e. The highest BCUT2D eigenvalue weighted by Crippen LogP contribution is 2.45. The Balaban J connectivity index is 1.86. The Bertz CT molecular complexity index is 1210. The third-order valence-electron chi connectivity index (χ3n) is 4.65. The second-order valence-corrected chi connectivity index (χ2v) is 8.67. The second kappa shape index (κ2) is 6.94. The highest BCUT2D eigenvalue weighted by atomic mass is 32.2. The maximum Gasteiger partial charge on any atom is 0.406 e. The van der Waals surface area contributed by atoms with Crippen molar-refractivity contribution in [3.05, 3.63) is 59.8 Å². The van der Waals surface area contributed by atoms with Crippen LogP contribution in [0.3, 0.4) is 0 Å². The molecule has 30 heavy (non-hydrogen) atoms. The molecule has 0 spiro atoms. The maximum absolute atomic E-state index is 13.2. The predicted octanol–water partition coefficient (Wildman–Crippen LogP) is 4.02. The van der Waals surface area contributed by atoms with E-state index in [1.807, 2.05) is 0 Å². The lowest BCUT2D eigenvalue weighted by Gasteiger charge is -2.33. The number of anilines is 2. The molecule has 2 heterocycles. The van der Waals surface area contributed by atoms with E-state index in [1.54, 1.807) is 36.4 Å². The number of fused-ring (bicyclic) bond motifs is 3. The summed E-state index contributed by atoms with van der Waals surface area (Å²) >= 11 is 0. The van der Waals surface area contributed by atoms with Gasteiger partial charge in [0.1, 0.15) is 12.6 Å². The molecule has 156 valence electrons. The van der Waals surface area contributed by atoms with Crippen molar-refractivity contribution in [2.45, 2.75) is 12.2 Å². The average molecular weight is 436 g/mol. The number of rotatable bonds is 4. The van der Waals surface area contributed by atoms with Crippen molar-refractivity contribution in [1.29, 1.82) is 0 Å². The Hall–Kier alpha value is -3.21. The Morgan fingerprint density at radius 1 is 1.17 bits per heavy atom. The molecule has 1 N–H and O–H groups in total. The number of halogens is 3. The summed E-state index contributed by atoms with van der Waals surface area (Å²) in [5, 5.41) is 7.66. The number of nitrogens with one attached hydrogen (secondary N) is 1. The molecule has 2 aromatic carbocycles. The topological polar surface area (TPSA) is 91.2 Å². The molecular weight excluding hydrogens is 421 g/mol. The Kier molecular flexibility index (Phi) is 4.64. The number of nitrogens with zero attached hydrogens (tertiary/aromatic N) is 3. The smallest absolute Gasteiger partial charge is 0.299 e. The van der Waals surface area contributed by atoms with Gasteiger partial charge >= 0.3 is 6.18 Å². The molecule has 0 saturated carbocycles. The first-order valence-corrected chi connectivity index (χ1v) is 10.6. The van der Waals surface area contributed by atoms with E-state index >= 15 is 0 Å². The van der Waals surface area contributed by atoms with Crippen molar-refractivity contribution in [3.63, 3.8) is 0 Å². The molecule has 0 radical (unpaired) electrons. The van der Waals surface area contributed by atoms with Gasteiger partial charge in [-0.1, -0.05) is 30.3 Å². The summed E-state index contributed by atoms with van der Waals surface area (Å²) in [4.78, 5) is 13.4. The van der Waals surface area contributed by atoms with Crippen LogP contribution in [0.15, 0.2) is 64.5 Å². The lowest BCUT2D eigenvalue weighted by molar-refractivity contribution is -0.130. The van der Waals surface area contributed by atoms with Gasteiger partial charge < -0.3 is 0 Å². The van der Waals surface area contributed by atoms with Gasteiger partial charge in [-0.25, -0.2) is 8.42 Å². The third kappa shape index (κ3) is 3.80. The number of para-hydroxylation sites is 1. The fraction of sp³-hybridized carbons (Fsp3) is 0.211. The van der Waals surface area contributed by atoms with E-state index in [4.69, 9.17) is 0 Å². The molecule has 0 fully saturated rings. The van der Waals surface area contributed by atoms with Gasteiger partial charge in [-0.15, -0.1) is 0 Å². The molecule has 1 unspecified atom stereocenters. The molecule has 0 bridgehead atoms. The van der Waals surface area contributed by atoms with Gasteiger partial charge in [0, 0.05) is 11.1 Å². The number of hydrogen-bond acceptors (Lipinski definition) is 5. The number of hydrogen-bond donors (Lipinski definition) is 1. The first-order valence-electron chi connectivity index (χ1n) is 8.73. The zero-order valence-corrected chi connectivity index (χ0v) is 16.3. The number of sulfonamides is 1. The van der Waals surface area contributed by atoms with Gasteiger partial charge in [-0.05, 0) is 17.7 Å². The summed E-state index contributed by atoms with van der Waals surface area (Å²) < 4.78 is 65.3. The van der Waals surface area contributed by atoms with Crippen LogP contribution in [0.2, 0.25) is 0 Å². The molecular formula is C19H15F3N4O3S. The molecule has 11 heteroatoms. The summed E-state index contributed by atoms with van der Waals surface area (Å²) in [6, 6.07) is 10.4. The second-order valence-electron chi connectivity index (χ2n) is 6.92. The largest absolute Gasteiger partial charge is 0.406 e. The molecule has 1 amide bonds. The summed E-state index contributed by atoms with van der Waals surface area (Å²) in [6.45, 7) is -1.46. The van der Waals surface area contributed by atoms with E-state index < -0.39 is 34.7 Å². The van der Waals surface area contributed by atoms with E-state index in [0.29, 0.717) is 21.6 Å². The average Bonchev–Trinajstić information content (AvgIpc) is 3.13. The van der Waals surface area contributed by atoms with Gasteiger partial charge in [-0.2, -0.15) is 23.4 Å². The quantitative estimate of drug-likeness (QED) is 0.785. The van der Waals surface area contributed by atoms with Crippen LogP contribution >= 0.6 is 0 Å². The Morgan fingerprint density at radius 3 is 2.60 bits per heavy atom. The number of azo groups is 1. The number of carbonyl (C=O) groups excluding carboxylic acids is 1. The van der Waals surface area contributed by atoms with E-state index in [2.05, 4.69) is 15.0 Å². The van der Waals surface area contributed by atoms with Crippen LogP contribution in [0.25, 0.3) is 11.1 Å². The fourth-order valence-corrected chi connectivity index (χ4v) is 4.08. The molecule has 2 aliphatic rings. The molecule has 1 atom stereocenters. The van der Waals surface area contributed by atoms with Crippen molar-refractivity contribution >= 4 is 27.3 Å². The molecule has 2 aromatic rings. The Morgan fingerprint density at radius 2 is 1.90 bits per heavy atom. The number of alkyl halides is 3. The van der Waals surface area contributed by atoms with Gasteiger partial charge in [-0.3, -0.25) is 14.4 Å². The first-order chi connectivity index (χ1) is 14.0. The fourth-order valence-electron chi connectivity index (χ4n) is 3.50. The molecule has 0 aromatic heterocycles. The van der Waals surface area contributed by atoms with Crippen LogP contribution in [0.4, 0.5) is 24.5 Å². The third-order valence-corrected chi connectivity index (χ3v) is 5.24. The monoisotopic (exact) mass is 436 g/mol. The zero-order chi connectivity index (χ0) is 21.7. The number of benzene rings is 2. The standard InChI is InChI=1S/C19H15F3N4O3S/c1-30(28,29)25-15-5-3-2-4-12(15)11-6-7-13-16(8-11)26(10-19(20,21)22)18(27)14-9-23-24-17(13)14/h2-9,17,25H,10H2,1H3. The Labute approximate surface area is 170 Å². The van der Waals surface area contributed by atoms with Gasteiger partial charge in [0.15, 0.2) is 0 Å². The van der Waals surface area contributed by atoms with Crippen molar-refractivity contribution in [1.82, 2.24) is 0 Å². The van der Waals surface area contributed by atoms with Gasteiger partial charge in [0.25, 0.3) is 5.91 Å². The van der Waals surface area contributed by atoms with Crippen molar-refractivity contribution in [2.75, 3.05) is 22.4 Å². The van der Waals surface area contributed by atoms with Crippen molar-refractivity contribution in [2.24, 2.45) is 10.2 Å². The maximum atomic E-state index is 13.2. The summed E-state index contributed by atoms with van der Waals surface area (Å²) in [7, 11) is -3.58. The summed E-state index contributed by atoms with van der Waals surface area (Å²) in [5.41, 5.74) is 1.74. The van der Waals surface area contributed by atoms with E-state index in [0.717, 1.165) is 6.26 Å². The molecule has 0 saturated heterocycles. The lowest BCUT2D eigenvalue weighted by atomic mass is 9.90. The molecule has 4 rings (SSSR count). The van der Waals surface area contributed by atoms with E-state index in [1.165, 1.54) is 12.3 Å². The van der Waals surface area contributed by atoms with Crippen LogP contribution < -0.4 is 9.62 Å². The van der Waals surface area contributed by atoms with Gasteiger partial charge in [0.05, 0.1) is 29.4 Å². The molecule has 0 aliphatic carbocycles. The van der Waals surface area contributed by atoms with E-state index in [9.17, 15) is 26.4 Å². The highest BCUT2D eigenvalue weighted by Gasteiger charge is 2.43. The predicted molar refractivity (Wildman–Crippen MR) is 104 cm³/mol. The van der Waals surface area contributed by atoms with Crippen molar-refractivity contribution in [3.8, 4) is 11.1 Å². The first kappa shape index (κ1) is 20.1. The number of carbonyl (C=O) groups is 1. The highest BCUT2D eigenvalue weighted by molar-refractivity contribution is 7.92. The normalized spacial score (nSPS) is 18.1. The van der Waals surface area contributed by atoms with Crippen LogP contribution in [0.5, 0.6) is 0 Å². The van der Waals surface area contributed by atoms with Crippen LogP contribution in [-0.2, 0) is 14.8 Å². The lowest BCUT2D eigenvalue weighted by Crippen LogP contribution is -2.43. The zero-order valence-electron chi connectivity index (χ0n) is 15.5. The van der Waals surface area contributed by atoms with Crippen LogP contribution in [-0.4, -0.2) is 33.3 Å². The number of amides is 1. The summed E-state index contributed by atoms with van der Waals surface area (Å²) in [6.07, 6.45) is -2.43. The van der Waals surface area contributed by atoms with Crippen molar-refractivity contribution < 1.29 is 26.4 Å². The molecule has 7 nitrogen and oxygen atoms in total. The molecule has 2 aliphatic heterocycles. The minimum atomic E-state index is -4.61. The van der Waals surface area contributed by atoms with E-state index in [-0.39, 0.29) is 16.9 Å². The van der Waals surface area contributed by atoms with Crippen LogP contribution in [0.1, 0.15) is 11.6 Å². The van der Waals surface area contributed by atoms with Gasteiger partial charge in [0.2, 0.25) is 10.0 Å². The summed E-state index contributed by atoms with van der Waals surface area (Å²) in [5.74, 6) is -0.811. The minimum absolute atomic E-state index is 0.0620. The van der Waals surface area contributed by atoms with Crippen LogP contribution in [0, 0.1) is 0 Å².